The average Bonchev–Trinajstić information content (AvgIpc) is 3.21. The van der Waals surface area contributed by atoms with Gasteiger partial charge in [-0.25, -0.2) is 0 Å². The van der Waals surface area contributed by atoms with Crippen LogP contribution < -0.4 is 23.7 Å². The summed E-state index contributed by atoms with van der Waals surface area (Å²) in [6.45, 7) is 2.76. The monoisotopic (exact) mass is 403 g/mol. The van der Waals surface area contributed by atoms with Crippen LogP contribution in [0.3, 0.4) is 0 Å². The molecule has 8 heteroatoms. The number of ether oxygens (including phenoxy) is 6. The number of hydrogen-bond donors (Lipinski definition) is 1. The van der Waals surface area contributed by atoms with Crippen LogP contribution in [0.2, 0.25) is 0 Å². The number of phenolic OH excluding ortho intramolecular Hbond substituents is 1. The largest absolute Gasteiger partial charge is 0.507 e. The highest BCUT2D eigenvalue weighted by molar-refractivity contribution is 5.58. The van der Waals surface area contributed by atoms with Crippen molar-refractivity contribution >= 4 is 0 Å². The van der Waals surface area contributed by atoms with Gasteiger partial charge in [-0.15, -0.1) is 0 Å². The van der Waals surface area contributed by atoms with E-state index in [1.165, 1.54) is 0 Å². The van der Waals surface area contributed by atoms with Gasteiger partial charge < -0.3 is 33.5 Å². The van der Waals surface area contributed by atoms with E-state index in [0.29, 0.717) is 60.6 Å². The molecule has 2 aliphatic heterocycles. The highest BCUT2D eigenvalue weighted by Crippen LogP contribution is 2.47. The van der Waals surface area contributed by atoms with Crippen molar-refractivity contribution in [2.24, 2.45) is 0 Å². The van der Waals surface area contributed by atoms with E-state index in [9.17, 15) is 5.11 Å². The van der Waals surface area contributed by atoms with Crippen molar-refractivity contribution in [1.82, 2.24) is 4.90 Å². The molecule has 8 nitrogen and oxygen atoms in total. The van der Waals surface area contributed by atoms with Gasteiger partial charge in [0.15, 0.2) is 23.0 Å². The van der Waals surface area contributed by atoms with Crippen LogP contribution in [-0.2, 0) is 4.74 Å². The third kappa shape index (κ3) is 3.61. The van der Waals surface area contributed by atoms with Crippen LogP contribution in [0.25, 0.3) is 0 Å². The van der Waals surface area contributed by atoms with Crippen molar-refractivity contribution in [3.63, 3.8) is 0 Å². The molecule has 156 valence electrons. The molecule has 1 N–H and O–H groups in total. The van der Waals surface area contributed by atoms with Crippen LogP contribution in [-0.4, -0.2) is 64.4 Å². The second kappa shape index (κ2) is 8.26. The zero-order chi connectivity index (χ0) is 20.4. The molecule has 1 atom stereocenters. The van der Waals surface area contributed by atoms with Gasteiger partial charge in [-0.05, 0) is 12.1 Å². The summed E-state index contributed by atoms with van der Waals surface area (Å²) in [6.07, 6.45) is 0. The van der Waals surface area contributed by atoms with Crippen LogP contribution in [0, 0.1) is 0 Å². The van der Waals surface area contributed by atoms with E-state index in [0.717, 1.165) is 5.56 Å². The number of rotatable bonds is 6. The van der Waals surface area contributed by atoms with E-state index >= 15 is 0 Å². The fourth-order valence-electron chi connectivity index (χ4n) is 3.83. The van der Waals surface area contributed by atoms with Crippen molar-refractivity contribution < 1.29 is 33.5 Å². The second-order valence-corrected chi connectivity index (χ2v) is 6.76. The Balaban J connectivity index is 1.88. The van der Waals surface area contributed by atoms with E-state index in [-0.39, 0.29) is 18.6 Å². The highest BCUT2D eigenvalue weighted by Gasteiger charge is 2.32. The lowest BCUT2D eigenvalue weighted by atomic mass is 9.94. The summed E-state index contributed by atoms with van der Waals surface area (Å²) in [4.78, 5) is 2.24. The molecule has 0 spiro atoms. The molecular formula is C21H25NO7. The highest BCUT2D eigenvalue weighted by atomic mass is 16.7. The van der Waals surface area contributed by atoms with Gasteiger partial charge in [-0.3, -0.25) is 4.90 Å². The van der Waals surface area contributed by atoms with Gasteiger partial charge >= 0.3 is 0 Å². The summed E-state index contributed by atoms with van der Waals surface area (Å²) >= 11 is 0. The SMILES string of the molecule is COc1cc(OC)c([C@H](c2cc3c(cc2O)OCO3)N2CCOCC2)cc1OC. The Morgan fingerprint density at radius 2 is 1.45 bits per heavy atom. The molecule has 0 amide bonds. The van der Waals surface area contributed by atoms with Gasteiger partial charge in [0, 0.05) is 36.3 Å². The minimum atomic E-state index is -0.303. The Morgan fingerprint density at radius 1 is 0.828 bits per heavy atom. The number of morpholine rings is 1. The molecule has 4 rings (SSSR count). The molecule has 0 saturated carbocycles. The van der Waals surface area contributed by atoms with Gasteiger partial charge in [-0.1, -0.05) is 0 Å². The van der Waals surface area contributed by atoms with E-state index < -0.39 is 0 Å². The molecule has 2 aromatic carbocycles. The minimum absolute atomic E-state index is 0.127. The van der Waals surface area contributed by atoms with Crippen molar-refractivity contribution in [1.29, 1.82) is 0 Å². The zero-order valence-electron chi connectivity index (χ0n) is 16.8. The number of fused-ring (bicyclic) bond motifs is 1. The molecule has 2 aliphatic rings. The first-order valence-electron chi connectivity index (χ1n) is 9.40. The van der Waals surface area contributed by atoms with Gasteiger partial charge in [0.2, 0.25) is 6.79 Å². The summed E-state index contributed by atoms with van der Waals surface area (Å²) in [5.41, 5.74) is 1.54. The predicted molar refractivity (Wildman–Crippen MR) is 105 cm³/mol. The van der Waals surface area contributed by atoms with E-state index in [1.54, 1.807) is 33.5 Å². The second-order valence-electron chi connectivity index (χ2n) is 6.76. The molecule has 29 heavy (non-hydrogen) atoms. The summed E-state index contributed by atoms with van der Waals surface area (Å²) in [6, 6.07) is 6.81. The normalized spacial score (nSPS) is 17.1. The maximum absolute atomic E-state index is 10.8. The Hall–Kier alpha value is -2.84. The average molecular weight is 403 g/mol. The zero-order valence-corrected chi connectivity index (χ0v) is 16.8. The Labute approximate surface area is 169 Å². The molecule has 0 aromatic heterocycles. The minimum Gasteiger partial charge on any atom is -0.507 e. The summed E-state index contributed by atoms with van der Waals surface area (Å²) < 4.78 is 33.1. The molecule has 0 aliphatic carbocycles. The van der Waals surface area contributed by atoms with Gasteiger partial charge in [0.1, 0.15) is 11.5 Å². The van der Waals surface area contributed by atoms with Crippen LogP contribution in [0.5, 0.6) is 34.5 Å². The van der Waals surface area contributed by atoms with E-state index in [1.807, 2.05) is 12.1 Å². The molecule has 0 bridgehead atoms. The standard InChI is InChI=1S/C21H25NO7/c1-24-16-11-18(26-3)17(25-2)9-14(16)21(22-4-6-27-7-5-22)13-8-19-20(10-15(13)23)29-12-28-19/h8-11,21,23H,4-7,12H2,1-3H3/t21-/m0/s1. The van der Waals surface area contributed by atoms with Crippen molar-refractivity contribution in [3.8, 4) is 34.5 Å². The quantitative estimate of drug-likeness (QED) is 0.789. The lowest BCUT2D eigenvalue weighted by molar-refractivity contribution is 0.0231. The van der Waals surface area contributed by atoms with Crippen LogP contribution in [0.15, 0.2) is 24.3 Å². The van der Waals surface area contributed by atoms with Gasteiger partial charge in [-0.2, -0.15) is 0 Å². The summed E-state index contributed by atoms with van der Waals surface area (Å²) in [5, 5.41) is 10.8. The number of hydrogen-bond acceptors (Lipinski definition) is 8. The lowest BCUT2D eigenvalue weighted by Crippen LogP contribution is -2.39. The smallest absolute Gasteiger partial charge is 0.231 e. The summed E-state index contributed by atoms with van der Waals surface area (Å²) in [7, 11) is 4.79. The Kier molecular flexibility index (Phi) is 5.55. The first-order chi connectivity index (χ1) is 14.2. The van der Waals surface area contributed by atoms with E-state index in [2.05, 4.69) is 4.90 Å². The van der Waals surface area contributed by atoms with Crippen molar-refractivity contribution in [2.75, 3.05) is 54.4 Å². The Bertz CT molecular complexity index is 880. The van der Waals surface area contributed by atoms with Crippen LogP contribution in [0.4, 0.5) is 0 Å². The molecule has 2 aromatic rings. The van der Waals surface area contributed by atoms with Gasteiger partial charge in [0.05, 0.1) is 40.6 Å². The number of nitrogens with zero attached hydrogens (tertiary/aromatic N) is 1. The van der Waals surface area contributed by atoms with Crippen molar-refractivity contribution in [3.05, 3.63) is 35.4 Å². The first-order valence-corrected chi connectivity index (χ1v) is 9.40. The maximum Gasteiger partial charge on any atom is 0.231 e. The fraction of sp³-hybridized carbons (Fsp3) is 0.429. The molecule has 2 heterocycles. The number of phenols is 1. The third-order valence-electron chi connectivity index (χ3n) is 5.26. The summed E-state index contributed by atoms with van der Waals surface area (Å²) in [5.74, 6) is 3.06. The lowest BCUT2D eigenvalue weighted by Gasteiger charge is -2.36. The molecular weight excluding hydrogens is 378 g/mol. The molecule has 1 fully saturated rings. The third-order valence-corrected chi connectivity index (χ3v) is 5.26. The predicted octanol–water partition coefficient (Wildman–Crippen LogP) is 2.57. The maximum atomic E-state index is 10.8. The topological polar surface area (TPSA) is 78.9 Å². The Morgan fingerprint density at radius 3 is 2.10 bits per heavy atom. The molecule has 1 saturated heterocycles. The fourth-order valence-corrected chi connectivity index (χ4v) is 3.83. The number of methoxy groups -OCH3 is 3. The number of benzene rings is 2. The van der Waals surface area contributed by atoms with Crippen molar-refractivity contribution in [2.45, 2.75) is 6.04 Å². The first kappa shape index (κ1) is 19.5. The van der Waals surface area contributed by atoms with Gasteiger partial charge in [0.25, 0.3) is 0 Å². The van der Waals surface area contributed by atoms with Crippen LogP contribution in [0.1, 0.15) is 17.2 Å². The van der Waals surface area contributed by atoms with Crippen LogP contribution >= 0.6 is 0 Å². The molecule has 0 radical (unpaired) electrons. The van der Waals surface area contributed by atoms with E-state index in [4.69, 9.17) is 28.4 Å². The molecule has 0 unspecified atom stereocenters. The number of aromatic hydroxyl groups is 1.